The first-order valence-electron chi connectivity index (χ1n) is 4.62. The van der Waals surface area contributed by atoms with E-state index in [0.717, 1.165) is 5.52 Å². The molecule has 0 fully saturated rings. The average Bonchev–Trinajstić information content (AvgIpc) is 2.70. The van der Waals surface area contributed by atoms with Crippen LogP contribution in [0.5, 0.6) is 0 Å². The summed E-state index contributed by atoms with van der Waals surface area (Å²) in [6.45, 7) is 0. The predicted octanol–water partition coefficient (Wildman–Crippen LogP) is 1.57. The molecule has 0 aliphatic heterocycles. The molecule has 2 aromatic rings. The number of pyridine rings is 1. The van der Waals surface area contributed by atoms with E-state index in [2.05, 4.69) is 0 Å². The van der Waals surface area contributed by atoms with Crippen molar-refractivity contribution >= 4 is 11.4 Å². The Bertz CT molecular complexity index is 490. The molecule has 0 bridgehead atoms. The molecular weight excluding hydrogens is 192 g/mol. The Kier molecular flexibility index (Phi) is 2.43. The van der Waals surface area contributed by atoms with Crippen molar-refractivity contribution in [1.29, 1.82) is 0 Å². The Balaban J connectivity index is 2.48. The van der Waals surface area contributed by atoms with Crippen LogP contribution in [0.15, 0.2) is 36.5 Å². The minimum Gasteiger partial charge on any atom is -0.312 e. The molecule has 0 N–H and O–H groups in total. The highest BCUT2D eigenvalue weighted by atomic mass is 16.7. The first-order chi connectivity index (χ1) is 7.24. The van der Waals surface area contributed by atoms with Gasteiger partial charge in [0.05, 0.1) is 7.11 Å². The Labute approximate surface area is 87.6 Å². The van der Waals surface area contributed by atoms with Gasteiger partial charge in [-0.25, -0.2) is 5.06 Å². The minimum atomic E-state index is -0.163. The molecule has 2 rings (SSSR count). The summed E-state index contributed by atoms with van der Waals surface area (Å²) in [5.41, 5.74) is 1.58. The van der Waals surface area contributed by atoms with Crippen molar-refractivity contribution in [2.45, 2.75) is 0 Å². The lowest BCUT2D eigenvalue weighted by molar-refractivity contribution is -0.0761. The molecule has 0 saturated carbocycles. The number of nitrogens with zero attached hydrogens (tertiary/aromatic N) is 2. The van der Waals surface area contributed by atoms with Crippen LogP contribution in [0.4, 0.5) is 0 Å². The van der Waals surface area contributed by atoms with Crippen LogP contribution in [0.1, 0.15) is 10.5 Å². The van der Waals surface area contributed by atoms with Gasteiger partial charge in [0.1, 0.15) is 5.69 Å². The largest absolute Gasteiger partial charge is 0.312 e. The van der Waals surface area contributed by atoms with Crippen molar-refractivity contribution in [2.24, 2.45) is 0 Å². The lowest BCUT2D eigenvalue weighted by atomic mass is 10.4. The molecule has 0 unspecified atom stereocenters. The number of hydrogen-bond acceptors (Lipinski definition) is 2. The Hall–Kier alpha value is -1.81. The van der Waals surface area contributed by atoms with E-state index in [1.165, 1.54) is 12.2 Å². The molecule has 0 saturated heterocycles. The predicted molar refractivity (Wildman–Crippen MR) is 56.5 cm³/mol. The summed E-state index contributed by atoms with van der Waals surface area (Å²) in [4.78, 5) is 16.7. The summed E-state index contributed by atoms with van der Waals surface area (Å²) in [7, 11) is 3.05. The normalized spacial score (nSPS) is 10.5. The number of carbonyl (C=O) groups is 1. The second kappa shape index (κ2) is 3.74. The lowest BCUT2D eigenvalue weighted by Gasteiger charge is -2.13. The number of amides is 1. The first-order valence-corrected chi connectivity index (χ1v) is 4.62. The minimum absolute atomic E-state index is 0.163. The van der Waals surface area contributed by atoms with E-state index in [-0.39, 0.29) is 5.91 Å². The Morgan fingerprint density at radius 3 is 2.87 bits per heavy atom. The fourth-order valence-electron chi connectivity index (χ4n) is 1.47. The van der Waals surface area contributed by atoms with Crippen LogP contribution in [-0.4, -0.2) is 29.5 Å². The maximum absolute atomic E-state index is 11.8. The van der Waals surface area contributed by atoms with Crippen LogP contribution in [0.25, 0.3) is 5.52 Å². The molecule has 4 heteroatoms. The van der Waals surface area contributed by atoms with Gasteiger partial charge in [0.2, 0.25) is 0 Å². The van der Waals surface area contributed by atoms with Crippen molar-refractivity contribution in [3.05, 3.63) is 42.2 Å². The highest BCUT2D eigenvalue weighted by Gasteiger charge is 2.14. The molecule has 0 atom stereocenters. The maximum Gasteiger partial charge on any atom is 0.294 e. The Morgan fingerprint density at radius 1 is 1.33 bits per heavy atom. The smallest absolute Gasteiger partial charge is 0.294 e. The summed E-state index contributed by atoms with van der Waals surface area (Å²) in [6.07, 6.45) is 1.85. The van der Waals surface area contributed by atoms with Crippen molar-refractivity contribution < 1.29 is 9.63 Å². The molecule has 1 amide bonds. The zero-order chi connectivity index (χ0) is 10.8. The molecule has 0 aliphatic carbocycles. The van der Waals surface area contributed by atoms with Crippen LogP contribution in [0.3, 0.4) is 0 Å². The molecule has 4 nitrogen and oxygen atoms in total. The van der Waals surface area contributed by atoms with Crippen LogP contribution >= 0.6 is 0 Å². The second-order valence-corrected chi connectivity index (χ2v) is 3.20. The quantitative estimate of drug-likeness (QED) is 0.696. The monoisotopic (exact) mass is 204 g/mol. The first kappa shape index (κ1) is 9.73. The van der Waals surface area contributed by atoms with E-state index in [9.17, 15) is 4.79 Å². The average molecular weight is 204 g/mol. The molecular formula is C11H12N2O2. The van der Waals surface area contributed by atoms with Crippen molar-refractivity contribution in [3.63, 3.8) is 0 Å². The van der Waals surface area contributed by atoms with Crippen LogP contribution in [0.2, 0.25) is 0 Å². The number of rotatable bonds is 2. The molecule has 15 heavy (non-hydrogen) atoms. The second-order valence-electron chi connectivity index (χ2n) is 3.20. The van der Waals surface area contributed by atoms with Gasteiger partial charge in [0.15, 0.2) is 0 Å². The number of fused-ring (bicyclic) bond motifs is 1. The highest BCUT2D eigenvalue weighted by molar-refractivity contribution is 5.93. The summed E-state index contributed by atoms with van der Waals surface area (Å²) < 4.78 is 1.83. The van der Waals surface area contributed by atoms with Crippen LogP contribution in [-0.2, 0) is 4.84 Å². The SMILES string of the molecule is CON(C)C(=O)c1ccc2ccccn12. The third-order valence-electron chi connectivity index (χ3n) is 2.34. The van der Waals surface area contributed by atoms with E-state index in [4.69, 9.17) is 4.84 Å². The van der Waals surface area contributed by atoms with Gasteiger partial charge in [-0.1, -0.05) is 6.07 Å². The van der Waals surface area contributed by atoms with E-state index in [0.29, 0.717) is 5.69 Å². The summed E-state index contributed by atoms with van der Waals surface area (Å²) in [5, 5.41) is 1.20. The van der Waals surface area contributed by atoms with Crippen molar-refractivity contribution in [3.8, 4) is 0 Å². The third-order valence-corrected chi connectivity index (χ3v) is 2.34. The van der Waals surface area contributed by atoms with Gasteiger partial charge in [-0.05, 0) is 24.3 Å². The van der Waals surface area contributed by atoms with Gasteiger partial charge in [-0.3, -0.25) is 9.63 Å². The highest BCUT2D eigenvalue weighted by Crippen LogP contribution is 2.11. The van der Waals surface area contributed by atoms with Gasteiger partial charge < -0.3 is 4.40 Å². The van der Waals surface area contributed by atoms with Crippen molar-refractivity contribution in [1.82, 2.24) is 9.46 Å². The van der Waals surface area contributed by atoms with Gasteiger partial charge in [0.25, 0.3) is 5.91 Å². The zero-order valence-corrected chi connectivity index (χ0v) is 8.68. The number of carbonyl (C=O) groups excluding carboxylic acids is 1. The zero-order valence-electron chi connectivity index (χ0n) is 8.68. The maximum atomic E-state index is 11.8. The fourth-order valence-corrected chi connectivity index (χ4v) is 1.47. The molecule has 0 aromatic carbocycles. The van der Waals surface area contributed by atoms with E-state index >= 15 is 0 Å². The van der Waals surface area contributed by atoms with E-state index in [1.807, 2.05) is 34.9 Å². The number of hydroxylamine groups is 2. The standard InChI is InChI=1S/C11H12N2O2/c1-12(15-2)11(14)10-7-6-9-5-3-4-8-13(9)10/h3-8H,1-2H3. The Morgan fingerprint density at radius 2 is 2.13 bits per heavy atom. The fraction of sp³-hybridized carbons (Fsp3) is 0.182. The van der Waals surface area contributed by atoms with Crippen LogP contribution in [0, 0.1) is 0 Å². The summed E-state index contributed by atoms with van der Waals surface area (Å²) >= 11 is 0. The topological polar surface area (TPSA) is 34.0 Å². The number of hydrogen-bond donors (Lipinski definition) is 0. The van der Waals surface area contributed by atoms with Gasteiger partial charge in [0, 0.05) is 18.8 Å². The van der Waals surface area contributed by atoms with E-state index in [1.54, 1.807) is 13.1 Å². The van der Waals surface area contributed by atoms with Crippen LogP contribution < -0.4 is 0 Å². The molecule has 2 heterocycles. The molecule has 0 spiro atoms. The molecule has 78 valence electrons. The van der Waals surface area contributed by atoms with E-state index < -0.39 is 0 Å². The summed E-state index contributed by atoms with van der Waals surface area (Å²) in [6, 6.07) is 9.45. The van der Waals surface area contributed by atoms with Crippen molar-refractivity contribution in [2.75, 3.05) is 14.2 Å². The lowest BCUT2D eigenvalue weighted by Crippen LogP contribution is -2.26. The van der Waals surface area contributed by atoms with Gasteiger partial charge in [-0.2, -0.15) is 0 Å². The molecule has 0 aliphatic rings. The molecule has 2 aromatic heterocycles. The number of aromatic nitrogens is 1. The molecule has 0 radical (unpaired) electrons. The third kappa shape index (κ3) is 1.59. The van der Waals surface area contributed by atoms with Gasteiger partial charge in [-0.15, -0.1) is 0 Å². The van der Waals surface area contributed by atoms with Gasteiger partial charge >= 0.3 is 0 Å². The summed E-state index contributed by atoms with van der Waals surface area (Å²) in [5.74, 6) is -0.163.